The molecule has 8 heteroatoms. The average molecular weight is 407 g/mol. The van der Waals surface area contributed by atoms with Crippen molar-refractivity contribution < 1.29 is 8.42 Å². The number of benzene rings is 1. The molecule has 144 valence electrons. The number of imidazole rings is 1. The van der Waals surface area contributed by atoms with Crippen LogP contribution in [0.15, 0.2) is 53.6 Å². The predicted molar refractivity (Wildman–Crippen MR) is 108 cm³/mol. The van der Waals surface area contributed by atoms with Crippen LogP contribution in [0, 0.1) is 0 Å². The van der Waals surface area contributed by atoms with Crippen LogP contribution in [0.2, 0.25) is 5.02 Å². The van der Waals surface area contributed by atoms with Gasteiger partial charge in [-0.1, -0.05) is 37.6 Å². The Morgan fingerprint density at radius 1 is 1.15 bits per heavy atom. The number of fused-ring (bicyclic) bond motifs is 1. The number of nitrogens with zero attached hydrogens (tertiary/aromatic N) is 2. The topological polar surface area (TPSA) is 75.5 Å². The summed E-state index contributed by atoms with van der Waals surface area (Å²) in [6.45, 7) is 5.56. The van der Waals surface area contributed by atoms with Crippen LogP contribution in [-0.4, -0.2) is 30.9 Å². The maximum atomic E-state index is 12.3. The lowest BCUT2D eigenvalue weighted by atomic mass is 10.2. The van der Waals surface area contributed by atoms with Crippen LogP contribution >= 0.6 is 11.6 Å². The first-order valence-corrected chi connectivity index (χ1v) is 10.7. The molecule has 0 aliphatic carbocycles. The molecule has 0 aliphatic heterocycles. The summed E-state index contributed by atoms with van der Waals surface area (Å²) in [5.41, 5.74) is 2.02. The van der Waals surface area contributed by atoms with E-state index < -0.39 is 10.0 Å². The highest BCUT2D eigenvalue weighted by atomic mass is 35.5. The maximum Gasteiger partial charge on any atom is 0.240 e. The molecule has 2 heterocycles. The number of hydrogen-bond donors (Lipinski definition) is 2. The van der Waals surface area contributed by atoms with Gasteiger partial charge in [-0.05, 0) is 30.3 Å². The van der Waals surface area contributed by atoms with Crippen LogP contribution in [-0.2, 0) is 16.6 Å². The quantitative estimate of drug-likeness (QED) is 0.563. The van der Waals surface area contributed by atoms with Crippen molar-refractivity contribution in [3.8, 4) is 0 Å². The number of sulfonamides is 1. The standard InChI is InChI=1S/C19H23ClN4O2S/c1-14(2)19-23-17(18-8-3-4-11-24(18)19)13-21-9-10-22-27(25,26)16-7-5-6-15(20)12-16/h3-8,11-12,14,21-22H,9-10,13H2,1-2H3. The minimum atomic E-state index is -3.56. The average Bonchev–Trinajstić information content (AvgIpc) is 3.01. The Labute approximate surface area is 164 Å². The summed E-state index contributed by atoms with van der Waals surface area (Å²) in [7, 11) is -3.56. The molecule has 0 saturated carbocycles. The zero-order chi connectivity index (χ0) is 19.4. The van der Waals surface area contributed by atoms with Crippen LogP contribution < -0.4 is 10.0 Å². The van der Waals surface area contributed by atoms with E-state index in [-0.39, 0.29) is 11.4 Å². The van der Waals surface area contributed by atoms with Gasteiger partial charge >= 0.3 is 0 Å². The Morgan fingerprint density at radius 3 is 2.70 bits per heavy atom. The van der Waals surface area contributed by atoms with Crippen LogP contribution in [0.3, 0.4) is 0 Å². The van der Waals surface area contributed by atoms with Gasteiger partial charge in [-0.15, -0.1) is 0 Å². The zero-order valence-corrected chi connectivity index (χ0v) is 16.9. The minimum Gasteiger partial charge on any atom is -0.310 e. The predicted octanol–water partition coefficient (Wildman–Crippen LogP) is 3.18. The van der Waals surface area contributed by atoms with E-state index in [4.69, 9.17) is 16.6 Å². The third-order valence-corrected chi connectivity index (χ3v) is 5.85. The second-order valence-electron chi connectivity index (χ2n) is 6.56. The lowest BCUT2D eigenvalue weighted by Gasteiger charge is -2.08. The largest absolute Gasteiger partial charge is 0.310 e. The summed E-state index contributed by atoms with van der Waals surface area (Å²) < 4.78 is 29.2. The van der Waals surface area contributed by atoms with Gasteiger partial charge in [0.05, 0.1) is 16.1 Å². The van der Waals surface area contributed by atoms with E-state index in [9.17, 15) is 8.42 Å². The van der Waals surface area contributed by atoms with Crippen molar-refractivity contribution >= 4 is 27.1 Å². The molecule has 0 saturated heterocycles. The molecule has 0 atom stereocenters. The van der Waals surface area contributed by atoms with Gasteiger partial charge in [-0.3, -0.25) is 0 Å². The summed E-state index contributed by atoms with van der Waals surface area (Å²) in [5.74, 6) is 1.34. The fraction of sp³-hybridized carbons (Fsp3) is 0.316. The van der Waals surface area contributed by atoms with E-state index in [0.717, 1.165) is 17.0 Å². The van der Waals surface area contributed by atoms with Crippen molar-refractivity contribution in [1.82, 2.24) is 19.4 Å². The van der Waals surface area contributed by atoms with E-state index >= 15 is 0 Å². The molecule has 0 bridgehead atoms. The normalized spacial score (nSPS) is 12.1. The van der Waals surface area contributed by atoms with E-state index in [1.807, 2.05) is 24.4 Å². The molecular weight excluding hydrogens is 384 g/mol. The maximum absolute atomic E-state index is 12.3. The van der Waals surface area contributed by atoms with Gasteiger partial charge in [0, 0.05) is 36.8 Å². The molecule has 0 fully saturated rings. The van der Waals surface area contributed by atoms with Crippen LogP contribution in [0.4, 0.5) is 0 Å². The number of halogens is 1. The van der Waals surface area contributed by atoms with E-state index in [1.165, 1.54) is 12.1 Å². The molecule has 0 radical (unpaired) electrons. The van der Waals surface area contributed by atoms with Crippen molar-refractivity contribution in [2.75, 3.05) is 13.1 Å². The molecule has 3 rings (SSSR count). The van der Waals surface area contributed by atoms with Crippen molar-refractivity contribution in [3.63, 3.8) is 0 Å². The molecule has 6 nitrogen and oxygen atoms in total. The molecule has 27 heavy (non-hydrogen) atoms. The van der Waals surface area contributed by atoms with Crippen LogP contribution in [0.1, 0.15) is 31.3 Å². The Balaban J connectivity index is 1.57. The summed E-state index contributed by atoms with van der Waals surface area (Å²) >= 11 is 5.86. The summed E-state index contributed by atoms with van der Waals surface area (Å²) in [5, 5.41) is 3.64. The molecule has 0 amide bonds. The van der Waals surface area contributed by atoms with Gasteiger partial charge in [0.15, 0.2) is 0 Å². The first kappa shape index (κ1) is 19.8. The molecule has 1 aromatic carbocycles. The molecular formula is C19H23ClN4O2S. The Kier molecular flexibility index (Phi) is 6.16. The zero-order valence-electron chi connectivity index (χ0n) is 15.3. The first-order chi connectivity index (χ1) is 12.9. The highest BCUT2D eigenvalue weighted by Crippen LogP contribution is 2.19. The molecule has 3 aromatic rings. The summed E-state index contributed by atoms with van der Waals surface area (Å²) in [4.78, 5) is 4.90. The molecule has 0 unspecified atom stereocenters. The SMILES string of the molecule is CC(C)c1nc(CNCCNS(=O)(=O)c2cccc(Cl)c2)c2ccccn12. The van der Waals surface area contributed by atoms with Crippen LogP contribution in [0.5, 0.6) is 0 Å². The first-order valence-electron chi connectivity index (χ1n) is 8.80. The van der Waals surface area contributed by atoms with Gasteiger partial charge in [-0.25, -0.2) is 18.1 Å². The molecule has 0 spiro atoms. The number of hydrogen-bond acceptors (Lipinski definition) is 4. The number of rotatable bonds is 8. The monoisotopic (exact) mass is 406 g/mol. The third kappa shape index (κ3) is 4.68. The lowest BCUT2D eigenvalue weighted by Crippen LogP contribution is -2.31. The van der Waals surface area contributed by atoms with E-state index in [1.54, 1.807) is 12.1 Å². The minimum absolute atomic E-state index is 0.164. The van der Waals surface area contributed by atoms with Gasteiger partial charge in [0.25, 0.3) is 0 Å². The molecule has 2 N–H and O–H groups in total. The molecule has 2 aromatic heterocycles. The number of aromatic nitrogens is 2. The number of nitrogens with one attached hydrogen (secondary N) is 2. The van der Waals surface area contributed by atoms with Gasteiger partial charge < -0.3 is 9.72 Å². The van der Waals surface area contributed by atoms with Crippen molar-refractivity contribution in [2.45, 2.75) is 31.2 Å². The summed E-state index contributed by atoms with van der Waals surface area (Å²) in [6, 6.07) is 12.2. The highest BCUT2D eigenvalue weighted by molar-refractivity contribution is 7.89. The van der Waals surface area contributed by atoms with Crippen LogP contribution in [0.25, 0.3) is 5.52 Å². The Hall–Kier alpha value is -1.93. The Morgan fingerprint density at radius 2 is 1.96 bits per heavy atom. The Bertz CT molecular complexity index is 1030. The second-order valence-corrected chi connectivity index (χ2v) is 8.76. The van der Waals surface area contributed by atoms with Gasteiger partial charge in [0.1, 0.15) is 5.82 Å². The van der Waals surface area contributed by atoms with Crippen molar-refractivity contribution in [1.29, 1.82) is 0 Å². The van der Waals surface area contributed by atoms with Gasteiger partial charge in [-0.2, -0.15) is 0 Å². The smallest absolute Gasteiger partial charge is 0.240 e. The molecule has 0 aliphatic rings. The fourth-order valence-corrected chi connectivity index (χ4v) is 4.20. The third-order valence-electron chi connectivity index (χ3n) is 4.16. The highest BCUT2D eigenvalue weighted by Gasteiger charge is 2.14. The van der Waals surface area contributed by atoms with Gasteiger partial charge in [0.2, 0.25) is 10.0 Å². The lowest BCUT2D eigenvalue weighted by molar-refractivity contribution is 0.575. The van der Waals surface area contributed by atoms with Crippen molar-refractivity contribution in [3.05, 3.63) is 65.2 Å². The fourth-order valence-electron chi connectivity index (χ4n) is 2.86. The van der Waals surface area contributed by atoms with Crippen molar-refractivity contribution in [2.24, 2.45) is 0 Å². The second kappa shape index (κ2) is 8.39. The van der Waals surface area contributed by atoms with E-state index in [0.29, 0.717) is 24.0 Å². The van der Waals surface area contributed by atoms with E-state index in [2.05, 4.69) is 28.3 Å². The summed E-state index contributed by atoms with van der Waals surface area (Å²) in [6.07, 6.45) is 2.01. The number of pyridine rings is 1.